The molecule has 1 saturated heterocycles. The molecule has 0 saturated carbocycles. The van der Waals surface area contributed by atoms with Gasteiger partial charge in [0.15, 0.2) is 0 Å². The SMILES string of the molecule is O=C(CCCOc1ccc(F)cc1)N1CCCC1CO. The second-order valence-electron chi connectivity index (χ2n) is 4.97. The van der Waals surface area contributed by atoms with Crippen molar-refractivity contribution >= 4 is 5.91 Å². The molecule has 1 N–H and O–H groups in total. The quantitative estimate of drug-likeness (QED) is 0.811. The molecule has 20 heavy (non-hydrogen) atoms. The Morgan fingerprint density at radius 1 is 1.40 bits per heavy atom. The second kappa shape index (κ2) is 7.24. The monoisotopic (exact) mass is 281 g/mol. The first kappa shape index (κ1) is 14.8. The molecule has 0 radical (unpaired) electrons. The summed E-state index contributed by atoms with van der Waals surface area (Å²) in [7, 11) is 0. The van der Waals surface area contributed by atoms with Crippen LogP contribution in [-0.2, 0) is 4.79 Å². The van der Waals surface area contributed by atoms with Crippen LogP contribution < -0.4 is 4.74 Å². The summed E-state index contributed by atoms with van der Waals surface area (Å²) in [4.78, 5) is 13.7. The molecule has 1 atom stereocenters. The molecule has 2 rings (SSSR count). The number of amides is 1. The standard InChI is InChI=1S/C15H20FNO3/c16-12-5-7-14(8-6-12)20-10-2-4-15(19)17-9-1-3-13(17)11-18/h5-8,13,18H,1-4,9-11H2. The van der Waals surface area contributed by atoms with E-state index in [4.69, 9.17) is 4.74 Å². The summed E-state index contributed by atoms with van der Waals surface area (Å²) in [6.07, 6.45) is 2.87. The van der Waals surface area contributed by atoms with Crippen LogP contribution in [0.15, 0.2) is 24.3 Å². The smallest absolute Gasteiger partial charge is 0.223 e. The van der Waals surface area contributed by atoms with Crippen molar-refractivity contribution in [2.75, 3.05) is 19.8 Å². The Kier molecular flexibility index (Phi) is 5.35. The van der Waals surface area contributed by atoms with Gasteiger partial charge in [-0.25, -0.2) is 4.39 Å². The Hall–Kier alpha value is -1.62. The normalized spacial score (nSPS) is 18.3. The van der Waals surface area contributed by atoms with Crippen molar-refractivity contribution in [1.82, 2.24) is 4.90 Å². The number of benzene rings is 1. The number of aliphatic hydroxyl groups excluding tert-OH is 1. The molecule has 1 aliphatic heterocycles. The maximum absolute atomic E-state index is 12.7. The molecule has 1 fully saturated rings. The number of carbonyl (C=O) groups excluding carboxylic acids is 1. The van der Waals surface area contributed by atoms with Gasteiger partial charge in [-0.05, 0) is 43.5 Å². The third kappa shape index (κ3) is 3.93. The molecule has 1 heterocycles. The number of rotatable bonds is 6. The van der Waals surface area contributed by atoms with Crippen molar-refractivity contribution in [2.24, 2.45) is 0 Å². The Balaban J connectivity index is 1.68. The van der Waals surface area contributed by atoms with Gasteiger partial charge in [0.25, 0.3) is 0 Å². The van der Waals surface area contributed by atoms with E-state index in [1.165, 1.54) is 12.1 Å². The number of ether oxygens (including phenoxy) is 1. The molecule has 0 aromatic heterocycles. The van der Waals surface area contributed by atoms with E-state index in [-0.39, 0.29) is 24.4 Å². The maximum atomic E-state index is 12.7. The Morgan fingerprint density at radius 2 is 2.15 bits per heavy atom. The Bertz CT molecular complexity index is 435. The molecule has 4 nitrogen and oxygen atoms in total. The third-order valence-corrected chi connectivity index (χ3v) is 3.53. The first-order valence-corrected chi connectivity index (χ1v) is 6.99. The minimum Gasteiger partial charge on any atom is -0.494 e. The van der Waals surface area contributed by atoms with Crippen LogP contribution >= 0.6 is 0 Å². The summed E-state index contributed by atoms with van der Waals surface area (Å²) in [5.74, 6) is 0.383. The molecule has 1 aromatic rings. The van der Waals surface area contributed by atoms with Gasteiger partial charge in [-0.1, -0.05) is 0 Å². The second-order valence-corrected chi connectivity index (χ2v) is 4.97. The summed E-state index contributed by atoms with van der Waals surface area (Å²) < 4.78 is 18.1. The van der Waals surface area contributed by atoms with Crippen LogP contribution in [0.1, 0.15) is 25.7 Å². The molecule has 1 aliphatic rings. The first-order valence-electron chi connectivity index (χ1n) is 6.99. The van der Waals surface area contributed by atoms with Crippen LogP contribution in [0.25, 0.3) is 0 Å². The van der Waals surface area contributed by atoms with E-state index < -0.39 is 0 Å². The van der Waals surface area contributed by atoms with Crippen molar-refractivity contribution in [3.8, 4) is 5.75 Å². The van der Waals surface area contributed by atoms with Crippen LogP contribution in [0.5, 0.6) is 5.75 Å². The van der Waals surface area contributed by atoms with Crippen molar-refractivity contribution in [3.63, 3.8) is 0 Å². The fraction of sp³-hybridized carbons (Fsp3) is 0.533. The average Bonchev–Trinajstić information content (AvgIpc) is 2.94. The van der Waals surface area contributed by atoms with E-state index in [2.05, 4.69) is 0 Å². The lowest BCUT2D eigenvalue weighted by molar-refractivity contribution is -0.132. The average molecular weight is 281 g/mol. The number of halogens is 1. The summed E-state index contributed by atoms with van der Waals surface area (Å²) >= 11 is 0. The van der Waals surface area contributed by atoms with E-state index in [1.807, 2.05) is 0 Å². The number of likely N-dealkylation sites (tertiary alicyclic amines) is 1. The van der Waals surface area contributed by atoms with Gasteiger partial charge in [0, 0.05) is 13.0 Å². The van der Waals surface area contributed by atoms with E-state index in [0.717, 1.165) is 19.4 Å². The predicted octanol–water partition coefficient (Wildman–Crippen LogP) is 1.97. The van der Waals surface area contributed by atoms with Gasteiger partial charge in [0.1, 0.15) is 11.6 Å². The van der Waals surface area contributed by atoms with Crippen LogP contribution in [0.4, 0.5) is 4.39 Å². The lowest BCUT2D eigenvalue weighted by atomic mass is 10.2. The minimum atomic E-state index is -0.295. The van der Waals surface area contributed by atoms with E-state index >= 15 is 0 Å². The number of nitrogens with zero attached hydrogens (tertiary/aromatic N) is 1. The molecule has 110 valence electrons. The Morgan fingerprint density at radius 3 is 2.85 bits per heavy atom. The largest absolute Gasteiger partial charge is 0.494 e. The predicted molar refractivity (Wildman–Crippen MR) is 72.9 cm³/mol. The molecule has 0 aliphatic carbocycles. The number of hydrogen-bond acceptors (Lipinski definition) is 3. The van der Waals surface area contributed by atoms with Gasteiger partial charge >= 0.3 is 0 Å². The number of hydrogen-bond donors (Lipinski definition) is 1. The molecular weight excluding hydrogens is 261 g/mol. The molecule has 1 amide bonds. The van der Waals surface area contributed by atoms with Gasteiger partial charge in [-0.2, -0.15) is 0 Å². The van der Waals surface area contributed by atoms with Gasteiger partial charge in [0.05, 0.1) is 19.3 Å². The summed E-state index contributed by atoms with van der Waals surface area (Å²) in [5, 5.41) is 9.18. The molecule has 0 bridgehead atoms. The summed E-state index contributed by atoms with van der Waals surface area (Å²) in [6, 6.07) is 5.81. The van der Waals surface area contributed by atoms with E-state index in [1.54, 1.807) is 17.0 Å². The zero-order valence-electron chi connectivity index (χ0n) is 11.4. The molecule has 5 heteroatoms. The highest BCUT2D eigenvalue weighted by Gasteiger charge is 2.27. The van der Waals surface area contributed by atoms with Gasteiger partial charge in [0.2, 0.25) is 5.91 Å². The summed E-state index contributed by atoms with van der Waals surface area (Å²) in [6.45, 7) is 1.20. The Labute approximate surface area is 118 Å². The molecule has 1 aromatic carbocycles. The minimum absolute atomic E-state index is 0.0134. The highest BCUT2D eigenvalue weighted by molar-refractivity contribution is 5.76. The van der Waals surface area contributed by atoms with Gasteiger partial charge in [-0.15, -0.1) is 0 Å². The molecule has 1 unspecified atom stereocenters. The van der Waals surface area contributed by atoms with Crippen LogP contribution in [0, 0.1) is 5.82 Å². The fourth-order valence-corrected chi connectivity index (χ4v) is 2.44. The van der Waals surface area contributed by atoms with Crippen molar-refractivity contribution in [3.05, 3.63) is 30.1 Å². The van der Waals surface area contributed by atoms with Crippen LogP contribution in [0.2, 0.25) is 0 Å². The highest BCUT2D eigenvalue weighted by Crippen LogP contribution is 2.18. The number of aliphatic hydroxyl groups is 1. The molecular formula is C15H20FNO3. The van der Waals surface area contributed by atoms with Crippen molar-refractivity contribution in [2.45, 2.75) is 31.7 Å². The first-order chi connectivity index (χ1) is 9.70. The van der Waals surface area contributed by atoms with Crippen molar-refractivity contribution < 1.29 is 19.0 Å². The van der Waals surface area contributed by atoms with E-state index in [0.29, 0.717) is 25.2 Å². The maximum Gasteiger partial charge on any atom is 0.223 e. The lowest BCUT2D eigenvalue weighted by Crippen LogP contribution is -2.37. The molecule has 0 spiro atoms. The zero-order valence-corrected chi connectivity index (χ0v) is 11.4. The zero-order chi connectivity index (χ0) is 14.4. The summed E-state index contributed by atoms with van der Waals surface area (Å²) in [5.41, 5.74) is 0. The van der Waals surface area contributed by atoms with Crippen molar-refractivity contribution in [1.29, 1.82) is 0 Å². The number of carbonyl (C=O) groups is 1. The highest BCUT2D eigenvalue weighted by atomic mass is 19.1. The topological polar surface area (TPSA) is 49.8 Å². The van der Waals surface area contributed by atoms with Gasteiger partial charge in [-0.3, -0.25) is 4.79 Å². The van der Waals surface area contributed by atoms with Crippen LogP contribution in [-0.4, -0.2) is 41.7 Å². The van der Waals surface area contributed by atoms with E-state index in [9.17, 15) is 14.3 Å². The fourth-order valence-electron chi connectivity index (χ4n) is 2.44. The third-order valence-electron chi connectivity index (χ3n) is 3.53. The van der Waals surface area contributed by atoms with Crippen LogP contribution in [0.3, 0.4) is 0 Å². The lowest BCUT2D eigenvalue weighted by Gasteiger charge is -2.22. The van der Waals surface area contributed by atoms with Gasteiger partial charge < -0.3 is 14.7 Å².